The minimum atomic E-state index is -0.412. The van der Waals surface area contributed by atoms with Crippen molar-refractivity contribution in [1.29, 1.82) is 0 Å². The molecule has 100 valence electrons. The molecular formula is C13H25NO3. The maximum atomic E-state index is 11.4. The molecule has 0 unspecified atom stereocenters. The van der Waals surface area contributed by atoms with Crippen LogP contribution in [-0.4, -0.2) is 31.5 Å². The van der Waals surface area contributed by atoms with Gasteiger partial charge in [-0.3, -0.25) is 0 Å². The number of rotatable bonds is 4. The third kappa shape index (κ3) is 7.21. The molecule has 0 saturated carbocycles. The molecule has 4 heteroatoms. The van der Waals surface area contributed by atoms with E-state index >= 15 is 0 Å². The van der Waals surface area contributed by atoms with E-state index in [4.69, 9.17) is 9.47 Å². The zero-order valence-electron chi connectivity index (χ0n) is 11.3. The fraction of sp³-hybridized carbons (Fsp3) is 0.923. The van der Waals surface area contributed by atoms with Gasteiger partial charge in [-0.2, -0.15) is 0 Å². The minimum Gasteiger partial charge on any atom is -0.444 e. The largest absolute Gasteiger partial charge is 0.444 e. The molecule has 1 heterocycles. The second-order valence-corrected chi connectivity index (χ2v) is 5.63. The summed E-state index contributed by atoms with van der Waals surface area (Å²) in [5.74, 6) is 0.768. The summed E-state index contributed by atoms with van der Waals surface area (Å²) >= 11 is 0. The van der Waals surface area contributed by atoms with E-state index in [1.165, 1.54) is 6.42 Å². The zero-order chi connectivity index (χ0) is 12.7. The Morgan fingerprint density at radius 3 is 2.59 bits per heavy atom. The van der Waals surface area contributed by atoms with E-state index in [1.807, 2.05) is 20.8 Å². The number of ether oxygens (including phenoxy) is 2. The fourth-order valence-electron chi connectivity index (χ4n) is 1.93. The highest BCUT2D eigenvalue weighted by Gasteiger charge is 2.16. The Hall–Kier alpha value is -0.770. The van der Waals surface area contributed by atoms with Gasteiger partial charge in [0, 0.05) is 19.8 Å². The second-order valence-electron chi connectivity index (χ2n) is 5.63. The van der Waals surface area contributed by atoms with Crippen molar-refractivity contribution in [3.63, 3.8) is 0 Å². The zero-order valence-corrected chi connectivity index (χ0v) is 11.3. The van der Waals surface area contributed by atoms with Crippen LogP contribution in [0.15, 0.2) is 0 Å². The molecule has 0 aromatic carbocycles. The maximum Gasteiger partial charge on any atom is 0.407 e. The van der Waals surface area contributed by atoms with Crippen molar-refractivity contribution in [3.05, 3.63) is 0 Å². The van der Waals surface area contributed by atoms with Crippen molar-refractivity contribution in [3.8, 4) is 0 Å². The SMILES string of the molecule is CC(C)(C)OC(=O)NCCCC1CCOCC1. The number of alkyl carbamates (subject to hydrolysis) is 1. The van der Waals surface area contributed by atoms with E-state index in [0.717, 1.165) is 38.4 Å². The molecule has 0 aromatic heterocycles. The highest BCUT2D eigenvalue weighted by molar-refractivity contribution is 5.67. The van der Waals surface area contributed by atoms with E-state index in [1.54, 1.807) is 0 Å². The third-order valence-corrected chi connectivity index (χ3v) is 2.80. The summed E-state index contributed by atoms with van der Waals surface area (Å²) in [6, 6.07) is 0. The van der Waals surface area contributed by atoms with Gasteiger partial charge in [-0.1, -0.05) is 0 Å². The van der Waals surface area contributed by atoms with Crippen LogP contribution in [0.1, 0.15) is 46.5 Å². The molecule has 1 aliphatic rings. The molecule has 0 atom stereocenters. The van der Waals surface area contributed by atoms with Gasteiger partial charge in [-0.05, 0) is 52.4 Å². The molecular weight excluding hydrogens is 218 g/mol. The molecule has 1 rings (SSSR count). The van der Waals surface area contributed by atoms with Crippen LogP contribution in [0.4, 0.5) is 4.79 Å². The van der Waals surface area contributed by atoms with E-state index < -0.39 is 5.60 Å². The lowest BCUT2D eigenvalue weighted by Gasteiger charge is -2.22. The van der Waals surface area contributed by atoms with Gasteiger partial charge >= 0.3 is 6.09 Å². The van der Waals surface area contributed by atoms with Crippen molar-refractivity contribution < 1.29 is 14.3 Å². The Morgan fingerprint density at radius 2 is 2.00 bits per heavy atom. The molecule has 0 spiro atoms. The first-order valence-corrected chi connectivity index (χ1v) is 6.52. The van der Waals surface area contributed by atoms with Gasteiger partial charge < -0.3 is 14.8 Å². The molecule has 17 heavy (non-hydrogen) atoms. The molecule has 4 nitrogen and oxygen atoms in total. The third-order valence-electron chi connectivity index (χ3n) is 2.80. The summed E-state index contributed by atoms with van der Waals surface area (Å²) in [7, 11) is 0. The number of amides is 1. The van der Waals surface area contributed by atoms with E-state index in [-0.39, 0.29) is 6.09 Å². The second kappa shape index (κ2) is 6.84. The van der Waals surface area contributed by atoms with Crippen LogP contribution in [0, 0.1) is 5.92 Å². The minimum absolute atomic E-state index is 0.315. The van der Waals surface area contributed by atoms with E-state index in [2.05, 4.69) is 5.32 Å². The molecule has 1 aliphatic heterocycles. The Morgan fingerprint density at radius 1 is 1.35 bits per heavy atom. The first-order valence-electron chi connectivity index (χ1n) is 6.52. The van der Waals surface area contributed by atoms with Crippen molar-refractivity contribution in [1.82, 2.24) is 5.32 Å². The average Bonchev–Trinajstić information content (AvgIpc) is 2.23. The molecule has 1 fully saturated rings. The quantitative estimate of drug-likeness (QED) is 0.772. The highest BCUT2D eigenvalue weighted by atomic mass is 16.6. The van der Waals surface area contributed by atoms with Gasteiger partial charge in [0.1, 0.15) is 5.60 Å². The van der Waals surface area contributed by atoms with Crippen LogP contribution >= 0.6 is 0 Å². The molecule has 1 amide bonds. The van der Waals surface area contributed by atoms with Gasteiger partial charge in [-0.15, -0.1) is 0 Å². The Balaban J connectivity index is 2.01. The van der Waals surface area contributed by atoms with Crippen molar-refractivity contribution in [2.45, 2.75) is 52.1 Å². The van der Waals surface area contributed by atoms with Gasteiger partial charge in [-0.25, -0.2) is 4.79 Å². The fourth-order valence-corrected chi connectivity index (χ4v) is 1.93. The van der Waals surface area contributed by atoms with Crippen LogP contribution in [0.2, 0.25) is 0 Å². The number of carbonyl (C=O) groups is 1. The number of hydrogen-bond acceptors (Lipinski definition) is 3. The van der Waals surface area contributed by atoms with Crippen molar-refractivity contribution >= 4 is 6.09 Å². The number of nitrogens with one attached hydrogen (secondary N) is 1. The first-order chi connectivity index (χ1) is 7.97. The lowest BCUT2D eigenvalue weighted by molar-refractivity contribution is 0.0515. The van der Waals surface area contributed by atoms with Crippen molar-refractivity contribution in [2.24, 2.45) is 5.92 Å². The lowest BCUT2D eigenvalue weighted by Crippen LogP contribution is -2.33. The lowest BCUT2D eigenvalue weighted by atomic mass is 9.95. The van der Waals surface area contributed by atoms with Crippen LogP contribution in [0.25, 0.3) is 0 Å². The molecule has 1 N–H and O–H groups in total. The molecule has 0 aromatic rings. The predicted octanol–water partition coefficient (Wildman–Crippen LogP) is 2.72. The molecule has 1 saturated heterocycles. The molecule has 0 bridgehead atoms. The number of carbonyl (C=O) groups excluding carboxylic acids is 1. The monoisotopic (exact) mass is 243 g/mol. The Bertz CT molecular complexity index is 229. The summed E-state index contributed by atoms with van der Waals surface area (Å²) in [5, 5.41) is 2.79. The standard InChI is InChI=1S/C13H25NO3/c1-13(2,3)17-12(15)14-8-4-5-11-6-9-16-10-7-11/h11H,4-10H2,1-3H3,(H,14,15). The normalized spacial score (nSPS) is 17.8. The predicted molar refractivity (Wildman–Crippen MR) is 67.0 cm³/mol. The van der Waals surface area contributed by atoms with Crippen LogP contribution in [0.5, 0.6) is 0 Å². The van der Waals surface area contributed by atoms with Crippen LogP contribution < -0.4 is 5.32 Å². The average molecular weight is 243 g/mol. The van der Waals surface area contributed by atoms with Gasteiger partial charge in [0.2, 0.25) is 0 Å². The maximum absolute atomic E-state index is 11.4. The summed E-state index contributed by atoms with van der Waals surface area (Å²) in [5.41, 5.74) is -0.412. The van der Waals surface area contributed by atoms with E-state index in [9.17, 15) is 4.79 Å². The van der Waals surface area contributed by atoms with Gasteiger partial charge in [0.15, 0.2) is 0 Å². The number of hydrogen-bond donors (Lipinski definition) is 1. The highest BCUT2D eigenvalue weighted by Crippen LogP contribution is 2.19. The van der Waals surface area contributed by atoms with Crippen LogP contribution in [-0.2, 0) is 9.47 Å². The molecule has 0 aliphatic carbocycles. The van der Waals surface area contributed by atoms with E-state index in [0.29, 0.717) is 6.54 Å². The summed E-state index contributed by atoms with van der Waals surface area (Å²) < 4.78 is 10.5. The Kier molecular flexibility index (Phi) is 5.75. The molecule has 0 radical (unpaired) electrons. The van der Waals surface area contributed by atoms with Crippen molar-refractivity contribution in [2.75, 3.05) is 19.8 Å². The van der Waals surface area contributed by atoms with Gasteiger partial charge in [0.05, 0.1) is 0 Å². The smallest absolute Gasteiger partial charge is 0.407 e. The summed E-state index contributed by atoms with van der Waals surface area (Å²) in [6.45, 7) is 8.10. The van der Waals surface area contributed by atoms with Gasteiger partial charge in [0.25, 0.3) is 0 Å². The Labute approximate surface area is 104 Å². The topological polar surface area (TPSA) is 47.6 Å². The summed E-state index contributed by atoms with van der Waals surface area (Å²) in [6.07, 6.45) is 4.19. The van der Waals surface area contributed by atoms with Crippen LogP contribution in [0.3, 0.4) is 0 Å². The first kappa shape index (κ1) is 14.3. The summed E-state index contributed by atoms with van der Waals surface area (Å²) in [4.78, 5) is 11.4.